The Bertz CT molecular complexity index is 1230. The number of carbonyl (C=O) groups excluding carboxylic acids is 1. The molecule has 2 aromatic heterocycles. The normalized spacial score (nSPS) is 11.6. The van der Waals surface area contributed by atoms with E-state index >= 15 is 0 Å². The Labute approximate surface area is 186 Å². The molecule has 0 unspecified atom stereocenters. The van der Waals surface area contributed by atoms with E-state index in [1.165, 1.54) is 11.3 Å². The Hall–Kier alpha value is -2.78. The number of anilines is 1. The standard InChI is InChI=1S/C21H20BrN5O2S/c1-12-16(18-26-27-13(2)24-25-20(27)30-18)6-5-7-17(12)23-19(28)21(3,4)29-15-10-8-14(22)9-11-15/h5-11H,1-4H3,(H,23,28). The molecule has 0 bridgehead atoms. The molecule has 9 heteroatoms. The summed E-state index contributed by atoms with van der Waals surface area (Å²) in [6.45, 7) is 7.31. The Balaban J connectivity index is 1.57. The first-order valence-electron chi connectivity index (χ1n) is 9.29. The van der Waals surface area contributed by atoms with Crippen LogP contribution in [0.2, 0.25) is 0 Å². The topological polar surface area (TPSA) is 81.4 Å². The molecule has 0 fully saturated rings. The minimum Gasteiger partial charge on any atom is -0.478 e. The zero-order chi connectivity index (χ0) is 21.5. The van der Waals surface area contributed by atoms with E-state index in [1.54, 1.807) is 18.4 Å². The number of fused-ring (bicyclic) bond motifs is 1. The van der Waals surface area contributed by atoms with Gasteiger partial charge in [-0.05, 0) is 63.6 Å². The molecule has 0 aliphatic carbocycles. The minimum atomic E-state index is -1.05. The van der Waals surface area contributed by atoms with E-state index in [0.717, 1.165) is 31.4 Å². The van der Waals surface area contributed by atoms with Gasteiger partial charge in [0.2, 0.25) is 4.96 Å². The first kappa shape index (κ1) is 20.5. The van der Waals surface area contributed by atoms with Crippen LogP contribution >= 0.6 is 27.3 Å². The van der Waals surface area contributed by atoms with Crippen LogP contribution in [-0.4, -0.2) is 31.3 Å². The largest absolute Gasteiger partial charge is 0.478 e. The fourth-order valence-corrected chi connectivity index (χ4v) is 4.17. The summed E-state index contributed by atoms with van der Waals surface area (Å²) < 4.78 is 8.60. The van der Waals surface area contributed by atoms with Gasteiger partial charge >= 0.3 is 0 Å². The van der Waals surface area contributed by atoms with Gasteiger partial charge in [0.15, 0.2) is 11.4 Å². The van der Waals surface area contributed by atoms with Crippen LogP contribution < -0.4 is 10.1 Å². The number of rotatable bonds is 5. The number of halogens is 1. The quantitative estimate of drug-likeness (QED) is 0.428. The predicted molar refractivity (Wildman–Crippen MR) is 121 cm³/mol. The number of amides is 1. The third-order valence-electron chi connectivity index (χ3n) is 4.69. The summed E-state index contributed by atoms with van der Waals surface area (Å²) in [6.07, 6.45) is 0. The van der Waals surface area contributed by atoms with E-state index in [9.17, 15) is 4.79 Å². The molecule has 0 aliphatic heterocycles. The second-order valence-corrected chi connectivity index (χ2v) is 9.22. The third-order valence-corrected chi connectivity index (χ3v) is 6.15. The van der Waals surface area contributed by atoms with E-state index in [1.807, 2.05) is 56.3 Å². The van der Waals surface area contributed by atoms with Crippen molar-refractivity contribution in [3.63, 3.8) is 0 Å². The number of hydrogen-bond donors (Lipinski definition) is 1. The number of hydrogen-bond acceptors (Lipinski definition) is 6. The molecule has 0 radical (unpaired) electrons. The van der Waals surface area contributed by atoms with Gasteiger partial charge in [-0.3, -0.25) is 4.79 Å². The van der Waals surface area contributed by atoms with Crippen molar-refractivity contribution in [2.24, 2.45) is 0 Å². The van der Waals surface area contributed by atoms with Gasteiger partial charge in [0.05, 0.1) is 0 Å². The number of nitrogens with one attached hydrogen (secondary N) is 1. The zero-order valence-corrected chi connectivity index (χ0v) is 19.3. The lowest BCUT2D eigenvalue weighted by molar-refractivity contribution is -0.128. The van der Waals surface area contributed by atoms with Gasteiger partial charge in [0, 0.05) is 15.7 Å². The van der Waals surface area contributed by atoms with Gasteiger partial charge in [0.1, 0.15) is 10.8 Å². The van der Waals surface area contributed by atoms with Crippen molar-refractivity contribution in [2.75, 3.05) is 5.32 Å². The lowest BCUT2D eigenvalue weighted by Crippen LogP contribution is -2.42. The highest BCUT2D eigenvalue weighted by molar-refractivity contribution is 9.10. The molecule has 0 spiro atoms. The summed E-state index contributed by atoms with van der Waals surface area (Å²) in [5.41, 5.74) is 1.52. The minimum absolute atomic E-state index is 0.236. The zero-order valence-electron chi connectivity index (χ0n) is 16.9. The van der Waals surface area contributed by atoms with Crippen LogP contribution in [-0.2, 0) is 4.79 Å². The van der Waals surface area contributed by atoms with Crippen molar-refractivity contribution in [3.8, 4) is 16.3 Å². The lowest BCUT2D eigenvalue weighted by atomic mass is 10.0. The Morgan fingerprint density at radius 2 is 1.87 bits per heavy atom. The summed E-state index contributed by atoms with van der Waals surface area (Å²) in [4.78, 5) is 13.7. The summed E-state index contributed by atoms with van der Waals surface area (Å²) in [6, 6.07) is 13.1. The van der Waals surface area contributed by atoms with Crippen LogP contribution in [0.5, 0.6) is 5.75 Å². The molecule has 1 N–H and O–H groups in total. The molecule has 4 aromatic rings. The first-order chi connectivity index (χ1) is 14.2. The van der Waals surface area contributed by atoms with E-state index in [2.05, 4.69) is 36.5 Å². The Morgan fingerprint density at radius 1 is 1.13 bits per heavy atom. The number of ether oxygens (including phenoxy) is 1. The Morgan fingerprint density at radius 3 is 2.57 bits per heavy atom. The van der Waals surface area contributed by atoms with Crippen LogP contribution in [0.3, 0.4) is 0 Å². The number of carbonyl (C=O) groups is 1. The molecule has 7 nitrogen and oxygen atoms in total. The molecule has 0 saturated carbocycles. The molecule has 154 valence electrons. The summed E-state index contributed by atoms with van der Waals surface area (Å²) in [5.74, 6) is 1.13. The van der Waals surface area contributed by atoms with Crippen molar-refractivity contribution >= 4 is 43.8 Å². The monoisotopic (exact) mass is 485 g/mol. The van der Waals surface area contributed by atoms with E-state index < -0.39 is 5.60 Å². The third kappa shape index (κ3) is 3.95. The van der Waals surface area contributed by atoms with E-state index in [4.69, 9.17) is 4.74 Å². The number of benzene rings is 2. The number of nitrogens with zero attached hydrogens (tertiary/aromatic N) is 4. The van der Waals surface area contributed by atoms with Crippen LogP contribution in [0.4, 0.5) is 5.69 Å². The van der Waals surface area contributed by atoms with Crippen molar-refractivity contribution < 1.29 is 9.53 Å². The second kappa shape index (κ2) is 7.81. The fraction of sp³-hybridized carbons (Fsp3) is 0.238. The molecular weight excluding hydrogens is 466 g/mol. The van der Waals surface area contributed by atoms with Crippen molar-refractivity contribution in [1.82, 2.24) is 19.8 Å². The van der Waals surface area contributed by atoms with E-state index in [-0.39, 0.29) is 5.91 Å². The summed E-state index contributed by atoms with van der Waals surface area (Å²) >= 11 is 4.86. The molecule has 0 aliphatic rings. The van der Waals surface area contributed by atoms with Gasteiger partial charge in [-0.1, -0.05) is 39.4 Å². The highest BCUT2D eigenvalue weighted by Crippen LogP contribution is 2.32. The van der Waals surface area contributed by atoms with Crippen molar-refractivity contribution in [2.45, 2.75) is 33.3 Å². The van der Waals surface area contributed by atoms with Gasteiger partial charge in [-0.25, -0.2) is 0 Å². The second-order valence-electron chi connectivity index (χ2n) is 7.35. The van der Waals surface area contributed by atoms with Gasteiger partial charge < -0.3 is 10.1 Å². The van der Waals surface area contributed by atoms with Crippen LogP contribution in [0, 0.1) is 13.8 Å². The van der Waals surface area contributed by atoms with Crippen LogP contribution in [0.15, 0.2) is 46.9 Å². The predicted octanol–water partition coefficient (Wildman–Crippen LogP) is 5.03. The fourth-order valence-electron chi connectivity index (χ4n) is 2.94. The smallest absolute Gasteiger partial charge is 0.267 e. The lowest BCUT2D eigenvalue weighted by Gasteiger charge is -2.26. The van der Waals surface area contributed by atoms with Crippen molar-refractivity contribution in [3.05, 3.63) is 58.3 Å². The average molecular weight is 486 g/mol. The summed E-state index contributed by atoms with van der Waals surface area (Å²) in [5, 5.41) is 16.6. The highest BCUT2D eigenvalue weighted by Gasteiger charge is 2.30. The van der Waals surface area contributed by atoms with Crippen molar-refractivity contribution in [1.29, 1.82) is 0 Å². The van der Waals surface area contributed by atoms with Gasteiger partial charge in [-0.15, -0.1) is 10.2 Å². The number of aryl methyl sites for hydroxylation is 1. The van der Waals surface area contributed by atoms with Crippen LogP contribution in [0.25, 0.3) is 15.5 Å². The maximum Gasteiger partial charge on any atom is 0.267 e. The average Bonchev–Trinajstić information content (AvgIpc) is 3.27. The molecule has 0 saturated heterocycles. The first-order valence-corrected chi connectivity index (χ1v) is 10.9. The highest BCUT2D eigenvalue weighted by atomic mass is 79.9. The molecular formula is C21H20BrN5O2S. The maximum atomic E-state index is 13.0. The molecule has 2 heterocycles. The van der Waals surface area contributed by atoms with Gasteiger partial charge in [-0.2, -0.15) is 9.61 Å². The van der Waals surface area contributed by atoms with Gasteiger partial charge in [0.25, 0.3) is 5.91 Å². The molecule has 1 amide bonds. The molecule has 30 heavy (non-hydrogen) atoms. The summed E-state index contributed by atoms with van der Waals surface area (Å²) in [7, 11) is 0. The molecule has 0 atom stereocenters. The molecule has 4 rings (SSSR count). The number of aromatic nitrogens is 4. The SMILES string of the molecule is Cc1c(NC(=O)C(C)(C)Oc2ccc(Br)cc2)cccc1-c1nn2c(C)nnc2s1. The van der Waals surface area contributed by atoms with E-state index in [0.29, 0.717) is 11.4 Å². The maximum absolute atomic E-state index is 13.0. The molecule has 2 aromatic carbocycles. The van der Waals surface area contributed by atoms with Crippen LogP contribution in [0.1, 0.15) is 25.2 Å². The Kier molecular flexibility index (Phi) is 5.33.